The highest BCUT2D eigenvalue weighted by Crippen LogP contribution is 2.19. The number of nitrogens with one attached hydrogen (secondary N) is 1. The topological polar surface area (TPSA) is 86.1 Å². The van der Waals surface area contributed by atoms with Gasteiger partial charge in [0, 0.05) is 52.6 Å². The van der Waals surface area contributed by atoms with Gasteiger partial charge in [-0.15, -0.1) is 0 Å². The second-order valence-electron chi connectivity index (χ2n) is 7.74. The Bertz CT molecular complexity index is 1090. The minimum Gasteiger partial charge on any atom is -0.381 e. The van der Waals surface area contributed by atoms with Crippen molar-refractivity contribution in [3.8, 4) is 5.82 Å². The molecule has 1 saturated heterocycles. The Labute approximate surface area is 184 Å². The maximum Gasteiger partial charge on any atom is 0.257 e. The third kappa shape index (κ3) is 5.26. The van der Waals surface area contributed by atoms with Crippen LogP contribution >= 0.6 is 0 Å². The number of anilines is 1. The standard InChI is InChI=1S/C23H26N4O3S/c1-16-12-17(2)27(26-16)22-7-6-19(14-24-22)23(28)25-20-5-3-4-18(13-20)15-31(29)21-8-10-30-11-9-21/h3-7,12-14,21H,8-11,15H2,1-2H3,(H,25,28). The number of nitrogens with zero attached hydrogens (tertiary/aromatic N) is 3. The molecule has 162 valence electrons. The third-order valence-corrected chi connectivity index (χ3v) is 7.10. The molecule has 3 heterocycles. The van der Waals surface area contributed by atoms with Gasteiger partial charge in [-0.2, -0.15) is 5.10 Å². The summed E-state index contributed by atoms with van der Waals surface area (Å²) in [5, 5.41) is 7.50. The van der Waals surface area contributed by atoms with Crippen molar-refractivity contribution in [2.75, 3.05) is 18.5 Å². The zero-order chi connectivity index (χ0) is 21.8. The Balaban J connectivity index is 1.41. The number of hydrogen-bond acceptors (Lipinski definition) is 5. The second-order valence-corrected chi connectivity index (χ2v) is 9.45. The van der Waals surface area contributed by atoms with E-state index < -0.39 is 10.8 Å². The molecule has 1 aliphatic rings. The largest absolute Gasteiger partial charge is 0.381 e. The lowest BCUT2D eigenvalue weighted by molar-refractivity contribution is 0.0991. The number of amides is 1. The van der Waals surface area contributed by atoms with Gasteiger partial charge in [0.1, 0.15) is 0 Å². The summed E-state index contributed by atoms with van der Waals surface area (Å²) in [4.78, 5) is 17.1. The normalized spacial score (nSPS) is 15.5. The van der Waals surface area contributed by atoms with Crippen LogP contribution in [0.5, 0.6) is 0 Å². The third-order valence-electron chi connectivity index (χ3n) is 5.27. The molecule has 1 aliphatic heterocycles. The number of aromatic nitrogens is 3. The molecule has 1 fully saturated rings. The molecule has 1 amide bonds. The molecule has 1 atom stereocenters. The van der Waals surface area contributed by atoms with Crippen molar-refractivity contribution < 1.29 is 13.7 Å². The molecule has 3 aromatic rings. The van der Waals surface area contributed by atoms with Gasteiger partial charge in [0.15, 0.2) is 5.82 Å². The van der Waals surface area contributed by atoms with Gasteiger partial charge >= 0.3 is 0 Å². The molecule has 0 radical (unpaired) electrons. The van der Waals surface area contributed by atoms with Crippen molar-refractivity contribution in [2.45, 2.75) is 37.7 Å². The lowest BCUT2D eigenvalue weighted by Crippen LogP contribution is -2.25. The lowest BCUT2D eigenvalue weighted by atomic mass is 10.2. The van der Waals surface area contributed by atoms with Gasteiger partial charge in [-0.25, -0.2) is 9.67 Å². The van der Waals surface area contributed by atoms with Crippen LogP contribution in [-0.2, 0) is 21.3 Å². The Morgan fingerprint density at radius 2 is 2.00 bits per heavy atom. The number of rotatable bonds is 6. The molecular weight excluding hydrogens is 412 g/mol. The van der Waals surface area contributed by atoms with Crippen LogP contribution < -0.4 is 5.32 Å². The van der Waals surface area contributed by atoms with Crippen molar-refractivity contribution in [3.05, 3.63) is 71.2 Å². The van der Waals surface area contributed by atoms with E-state index in [4.69, 9.17) is 4.74 Å². The molecule has 1 unspecified atom stereocenters. The van der Waals surface area contributed by atoms with Crippen molar-refractivity contribution in [1.82, 2.24) is 14.8 Å². The van der Waals surface area contributed by atoms with Gasteiger partial charge in [-0.1, -0.05) is 12.1 Å². The fraction of sp³-hybridized carbons (Fsp3) is 0.348. The average molecular weight is 439 g/mol. The highest BCUT2D eigenvalue weighted by atomic mass is 32.2. The highest BCUT2D eigenvalue weighted by molar-refractivity contribution is 7.84. The van der Waals surface area contributed by atoms with E-state index >= 15 is 0 Å². The van der Waals surface area contributed by atoms with Crippen molar-refractivity contribution in [2.24, 2.45) is 0 Å². The van der Waals surface area contributed by atoms with Crippen molar-refractivity contribution in [3.63, 3.8) is 0 Å². The number of aryl methyl sites for hydroxylation is 2. The molecule has 7 nitrogen and oxygen atoms in total. The molecule has 1 N–H and O–H groups in total. The van der Waals surface area contributed by atoms with E-state index in [1.807, 2.05) is 44.2 Å². The predicted octanol–water partition coefficient (Wildman–Crippen LogP) is 3.56. The number of benzene rings is 1. The van der Waals surface area contributed by atoms with Crippen molar-refractivity contribution >= 4 is 22.4 Å². The maximum absolute atomic E-state index is 12.7. The van der Waals surface area contributed by atoms with E-state index in [1.54, 1.807) is 23.0 Å². The Morgan fingerprint density at radius 3 is 2.68 bits per heavy atom. The summed E-state index contributed by atoms with van der Waals surface area (Å²) in [6, 6.07) is 13.0. The minimum atomic E-state index is -0.947. The molecule has 8 heteroatoms. The van der Waals surface area contributed by atoms with Gasteiger partial charge in [-0.3, -0.25) is 9.00 Å². The van der Waals surface area contributed by atoms with Gasteiger partial charge in [0.25, 0.3) is 5.91 Å². The fourth-order valence-electron chi connectivity index (χ4n) is 3.67. The van der Waals surface area contributed by atoms with Crippen LogP contribution in [0.1, 0.15) is 40.2 Å². The Morgan fingerprint density at radius 1 is 1.19 bits per heavy atom. The number of hydrogen-bond donors (Lipinski definition) is 1. The molecule has 0 bridgehead atoms. The summed E-state index contributed by atoms with van der Waals surface area (Å²) >= 11 is 0. The van der Waals surface area contributed by atoms with Crippen molar-refractivity contribution in [1.29, 1.82) is 0 Å². The molecule has 31 heavy (non-hydrogen) atoms. The SMILES string of the molecule is Cc1cc(C)n(-c2ccc(C(=O)Nc3cccc(CS(=O)C4CCOCC4)c3)cn2)n1. The van der Waals surface area contributed by atoms with E-state index in [-0.39, 0.29) is 11.2 Å². The Hall–Kier alpha value is -2.84. The summed E-state index contributed by atoms with van der Waals surface area (Å²) in [5.41, 5.74) is 3.98. The summed E-state index contributed by atoms with van der Waals surface area (Å²) in [6.45, 7) is 5.25. The van der Waals surface area contributed by atoms with Crippen LogP contribution in [-0.4, -0.2) is 43.3 Å². The average Bonchev–Trinajstić information content (AvgIpc) is 3.12. The van der Waals surface area contributed by atoms with E-state index in [0.29, 0.717) is 36.0 Å². The van der Waals surface area contributed by atoms with Crippen LogP contribution in [0.15, 0.2) is 48.7 Å². The summed E-state index contributed by atoms with van der Waals surface area (Å²) < 4.78 is 19.8. The molecule has 4 rings (SSSR count). The zero-order valence-corrected chi connectivity index (χ0v) is 18.5. The molecule has 2 aromatic heterocycles. The molecule has 1 aromatic carbocycles. The predicted molar refractivity (Wildman–Crippen MR) is 121 cm³/mol. The molecule has 0 saturated carbocycles. The quantitative estimate of drug-likeness (QED) is 0.636. The molecule has 0 aliphatic carbocycles. The van der Waals surface area contributed by atoms with Gasteiger partial charge in [0.05, 0.1) is 11.3 Å². The fourth-order valence-corrected chi connectivity index (χ4v) is 5.13. The summed E-state index contributed by atoms with van der Waals surface area (Å²) in [7, 11) is -0.947. The van der Waals surface area contributed by atoms with Gasteiger partial charge < -0.3 is 10.1 Å². The maximum atomic E-state index is 12.7. The number of ether oxygens (including phenoxy) is 1. The first kappa shape index (κ1) is 21.4. The van der Waals surface area contributed by atoms with E-state index in [0.717, 1.165) is 29.8 Å². The molecule has 0 spiro atoms. The second kappa shape index (κ2) is 9.53. The summed E-state index contributed by atoms with van der Waals surface area (Å²) in [6.07, 6.45) is 3.22. The van der Waals surface area contributed by atoms with Crippen LogP contribution in [0.25, 0.3) is 5.82 Å². The lowest BCUT2D eigenvalue weighted by Gasteiger charge is -2.21. The summed E-state index contributed by atoms with van der Waals surface area (Å²) in [5.74, 6) is 0.905. The smallest absolute Gasteiger partial charge is 0.257 e. The van der Waals surface area contributed by atoms with Gasteiger partial charge in [-0.05, 0) is 62.6 Å². The Kier molecular flexibility index (Phi) is 6.58. The zero-order valence-electron chi connectivity index (χ0n) is 17.7. The number of carbonyl (C=O) groups is 1. The van der Waals surface area contributed by atoms with Crippen LogP contribution in [0, 0.1) is 13.8 Å². The number of pyridine rings is 1. The first-order valence-corrected chi connectivity index (χ1v) is 11.7. The molecular formula is C23H26N4O3S. The highest BCUT2D eigenvalue weighted by Gasteiger charge is 2.20. The first-order valence-electron chi connectivity index (χ1n) is 10.3. The van der Waals surface area contributed by atoms with E-state index in [2.05, 4.69) is 15.4 Å². The van der Waals surface area contributed by atoms with Gasteiger partial charge in [0.2, 0.25) is 0 Å². The van der Waals surface area contributed by atoms with E-state index in [9.17, 15) is 9.00 Å². The monoisotopic (exact) mass is 438 g/mol. The van der Waals surface area contributed by atoms with Crippen LogP contribution in [0.2, 0.25) is 0 Å². The van der Waals surface area contributed by atoms with E-state index in [1.165, 1.54) is 0 Å². The first-order chi connectivity index (χ1) is 15.0. The number of carbonyl (C=O) groups excluding carboxylic acids is 1. The van der Waals surface area contributed by atoms with Crippen LogP contribution in [0.3, 0.4) is 0 Å². The van der Waals surface area contributed by atoms with Crippen LogP contribution in [0.4, 0.5) is 5.69 Å². The minimum absolute atomic E-state index is 0.179.